The van der Waals surface area contributed by atoms with E-state index in [0.29, 0.717) is 17.5 Å². The standard InChI is InChI=1S/C17H16N4O3/c1-12-3-2-4-14(9-12)23-11-15(22)19-10-16-20-17(21-24-16)13-5-7-18-8-6-13/h2-9H,10-11H2,1H3,(H,19,22). The Bertz CT molecular complexity index is 817. The van der Waals surface area contributed by atoms with Gasteiger partial charge in [0.15, 0.2) is 6.61 Å². The van der Waals surface area contributed by atoms with E-state index >= 15 is 0 Å². The SMILES string of the molecule is Cc1cccc(OCC(=O)NCc2nc(-c3ccncc3)no2)c1. The van der Waals surface area contributed by atoms with Crippen molar-refractivity contribution in [1.82, 2.24) is 20.4 Å². The molecule has 1 N–H and O–H groups in total. The second-order valence-corrected chi connectivity index (χ2v) is 5.13. The summed E-state index contributed by atoms with van der Waals surface area (Å²) in [5.41, 5.74) is 1.87. The molecule has 24 heavy (non-hydrogen) atoms. The number of benzene rings is 1. The molecule has 2 heterocycles. The van der Waals surface area contributed by atoms with Gasteiger partial charge in [0.05, 0.1) is 6.54 Å². The summed E-state index contributed by atoms with van der Waals surface area (Å²) >= 11 is 0. The lowest BCUT2D eigenvalue weighted by molar-refractivity contribution is -0.123. The predicted octanol–water partition coefficient (Wildman–Crippen LogP) is 2.14. The minimum Gasteiger partial charge on any atom is -0.484 e. The molecule has 7 nitrogen and oxygen atoms in total. The van der Waals surface area contributed by atoms with Gasteiger partial charge in [-0.25, -0.2) is 0 Å². The number of ether oxygens (including phenoxy) is 1. The van der Waals surface area contributed by atoms with Gasteiger partial charge < -0.3 is 14.6 Å². The molecule has 0 aliphatic heterocycles. The van der Waals surface area contributed by atoms with Crippen LogP contribution in [0.1, 0.15) is 11.5 Å². The van der Waals surface area contributed by atoms with Crippen molar-refractivity contribution in [2.24, 2.45) is 0 Å². The van der Waals surface area contributed by atoms with E-state index in [1.807, 2.05) is 25.1 Å². The van der Waals surface area contributed by atoms with Gasteiger partial charge in [-0.1, -0.05) is 17.3 Å². The second-order valence-electron chi connectivity index (χ2n) is 5.13. The van der Waals surface area contributed by atoms with Gasteiger partial charge in [-0.2, -0.15) is 4.98 Å². The summed E-state index contributed by atoms with van der Waals surface area (Å²) in [6.07, 6.45) is 3.30. The van der Waals surface area contributed by atoms with E-state index in [2.05, 4.69) is 20.4 Å². The van der Waals surface area contributed by atoms with Gasteiger partial charge in [-0.15, -0.1) is 0 Å². The van der Waals surface area contributed by atoms with Gasteiger partial charge in [0.25, 0.3) is 5.91 Å². The summed E-state index contributed by atoms with van der Waals surface area (Å²) in [6, 6.07) is 11.1. The summed E-state index contributed by atoms with van der Waals surface area (Å²) in [7, 11) is 0. The molecule has 2 aromatic heterocycles. The topological polar surface area (TPSA) is 90.1 Å². The minimum absolute atomic E-state index is 0.0746. The molecular weight excluding hydrogens is 308 g/mol. The molecule has 0 aliphatic rings. The zero-order valence-electron chi connectivity index (χ0n) is 13.1. The Kier molecular flexibility index (Phi) is 4.81. The first-order valence-electron chi connectivity index (χ1n) is 7.40. The number of amides is 1. The van der Waals surface area contributed by atoms with Gasteiger partial charge in [-0.3, -0.25) is 9.78 Å². The monoisotopic (exact) mass is 324 g/mol. The smallest absolute Gasteiger partial charge is 0.258 e. The first-order chi connectivity index (χ1) is 11.7. The average Bonchev–Trinajstić information content (AvgIpc) is 3.08. The highest BCUT2D eigenvalue weighted by Gasteiger charge is 2.10. The number of pyridine rings is 1. The fourth-order valence-electron chi connectivity index (χ4n) is 2.02. The highest BCUT2D eigenvalue weighted by Crippen LogP contribution is 2.14. The van der Waals surface area contributed by atoms with Crippen LogP contribution in [0.2, 0.25) is 0 Å². The molecule has 0 saturated carbocycles. The molecule has 0 spiro atoms. The minimum atomic E-state index is -0.264. The van der Waals surface area contributed by atoms with Crippen LogP contribution in [0.15, 0.2) is 53.3 Å². The Labute approximate surface area is 138 Å². The quantitative estimate of drug-likeness (QED) is 0.747. The Hall–Kier alpha value is -3.22. The van der Waals surface area contributed by atoms with Crippen LogP contribution in [0.25, 0.3) is 11.4 Å². The van der Waals surface area contributed by atoms with Crippen LogP contribution in [-0.4, -0.2) is 27.6 Å². The van der Waals surface area contributed by atoms with Crippen molar-refractivity contribution in [3.05, 3.63) is 60.2 Å². The zero-order chi connectivity index (χ0) is 16.8. The number of hydrogen-bond donors (Lipinski definition) is 1. The Morgan fingerprint density at radius 3 is 2.88 bits per heavy atom. The molecule has 1 aromatic carbocycles. The van der Waals surface area contributed by atoms with Crippen LogP contribution < -0.4 is 10.1 Å². The Morgan fingerprint density at radius 2 is 2.08 bits per heavy atom. The summed E-state index contributed by atoms with van der Waals surface area (Å²) in [5, 5.41) is 6.55. The van der Waals surface area contributed by atoms with E-state index < -0.39 is 0 Å². The van der Waals surface area contributed by atoms with E-state index in [1.54, 1.807) is 30.6 Å². The number of carbonyl (C=O) groups excluding carboxylic acids is 1. The lowest BCUT2D eigenvalue weighted by atomic mass is 10.2. The van der Waals surface area contributed by atoms with Gasteiger partial charge >= 0.3 is 0 Å². The lowest BCUT2D eigenvalue weighted by Crippen LogP contribution is -2.28. The van der Waals surface area contributed by atoms with E-state index in [0.717, 1.165) is 11.1 Å². The number of aromatic nitrogens is 3. The molecule has 0 fully saturated rings. The fourth-order valence-corrected chi connectivity index (χ4v) is 2.02. The van der Waals surface area contributed by atoms with Crippen LogP contribution in [0.4, 0.5) is 0 Å². The molecule has 0 bridgehead atoms. The maximum absolute atomic E-state index is 11.8. The zero-order valence-corrected chi connectivity index (χ0v) is 13.1. The average molecular weight is 324 g/mol. The van der Waals surface area contributed by atoms with Crippen LogP contribution in [0.5, 0.6) is 5.75 Å². The van der Waals surface area contributed by atoms with Crippen LogP contribution >= 0.6 is 0 Å². The summed E-state index contributed by atoms with van der Waals surface area (Å²) in [5.74, 6) is 1.17. The van der Waals surface area contributed by atoms with Crippen LogP contribution in [0, 0.1) is 6.92 Å². The lowest BCUT2D eigenvalue weighted by Gasteiger charge is -2.06. The number of rotatable bonds is 6. The first-order valence-corrected chi connectivity index (χ1v) is 7.40. The highest BCUT2D eigenvalue weighted by molar-refractivity contribution is 5.77. The normalized spacial score (nSPS) is 10.4. The number of aryl methyl sites for hydroxylation is 1. The van der Waals surface area contributed by atoms with Crippen molar-refractivity contribution in [3.63, 3.8) is 0 Å². The van der Waals surface area contributed by atoms with Crippen LogP contribution in [0.3, 0.4) is 0 Å². The third-order valence-electron chi connectivity index (χ3n) is 3.20. The largest absolute Gasteiger partial charge is 0.484 e. The molecule has 3 rings (SSSR count). The maximum Gasteiger partial charge on any atom is 0.258 e. The van der Waals surface area contributed by atoms with Crippen molar-refractivity contribution >= 4 is 5.91 Å². The third kappa shape index (κ3) is 4.16. The van der Waals surface area contributed by atoms with Crippen molar-refractivity contribution in [2.75, 3.05) is 6.61 Å². The maximum atomic E-state index is 11.8. The van der Waals surface area contributed by atoms with Gasteiger partial charge in [0.2, 0.25) is 11.7 Å². The molecule has 3 aromatic rings. The van der Waals surface area contributed by atoms with Gasteiger partial charge in [0.1, 0.15) is 5.75 Å². The molecule has 122 valence electrons. The molecule has 1 amide bonds. The van der Waals surface area contributed by atoms with Crippen molar-refractivity contribution < 1.29 is 14.1 Å². The van der Waals surface area contributed by atoms with E-state index in [1.165, 1.54) is 0 Å². The number of hydrogen-bond acceptors (Lipinski definition) is 6. The molecule has 0 atom stereocenters. The van der Waals surface area contributed by atoms with Crippen LogP contribution in [-0.2, 0) is 11.3 Å². The predicted molar refractivity (Wildman–Crippen MR) is 86.0 cm³/mol. The summed E-state index contributed by atoms with van der Waals surface area (Å²) < 4.78 is 10.5. The molecular formula is C17H16N4O3. The molecule has 0 unspecified atom stereocenters. The molecule has 7 heteroatoms. The Balaban J connectivity index is 1.49. The second kappa shape index (κ2) is 7.36. The summed E-state index contributed by atoms with van der Waals surface area (Å²) in [6.45, 7) is 2.03. The first kappa shape index (κ1) is 15.7. The van der Waals surface area contributed by atoms with Crippen molar-refractivity contribution in [3.8, 4) is 17.1 Å². The molecule has 0 radical (unpaired) electrons. The number of nitrogens with zero attached hydrogens (tertiary/aromatic N) is 3. The number of nitrogens with one attached hydrogen (secondary N) is 1. The highest BCUT2D eigenvalue weighted by atomic mass is 16.5. The van der Waals surface area contributed by atoms with Gasteiger partial charge in [0, 0.05) is 18.0 Å². The van der Waals surface area contributed by atoms with Crippen molar-refractivity contribution in [2.45, 2.75) is 13.5 Å². The molecule has 0 saturated heterocycles. The molecule has 0 aliphatic carbocycles. The fraction of sp³-hybridized carbons (Fsp3) is 0.176. The number of carbonyl (C=O) groups is 1. The van der Waals surface area contributed by atoms with Crippen molar-refractivity contribution in [1.29, 1.82) is 0 Å². The van der Waals surface area contributed by atoms with Gasteiger partial charge in [-0.05, 0) is 36.8 Å². The Morgan fingerprint density at radius 1 is 1.25 bits per heavy atom. The third-order valence-corrected chi connectivity index (χ3v) is 3.20. The van der Waals surface area contributed by atoms with E-state index in [4.69, 9.17) is 9.26 Å². The van der Waals surface area contributed by atoms with E-state index in [-0.39, 0.29) is 19.1 Å². The summed E-state index contributed by atoms with van der Waals surface area (Å²) in [4.78, 5) is 20.0. The van der Waals surface area contributed by atoms with E-state index in [9.17, 15) is 4.79 Å².